The maximum absolute atomic E-state index is 13.3. The average molecular weight is 459 g/mol. The summed E-state index contributed by atoms with van der Waals surface area (Å²) in [5, 5.41) is 6.71. The van der Waals surface area contributed by atoms with Crippen LogP contribution in [-0.2, 0) is 6.54 Å². The Morgan fingerprint density at radius 3 is 2.52 bits per heavy atom. The molecule has 0 unspecified atom stereocenters. The highest BCUT2D eigenvalue weighted by Crippen LogP contribution is 2.28. The molecule has 0 aliphatic carbocycles. The zero-order chi connectivity index (χ0) is 23.0. The van der Waals surface area contributed by atoms with Gasteiger partial charge in [0.25, 0.3) is 11.5 Å². The van der Waals surface area contributed by atoms with Crippen LogP contribution < -0.4 is 15.2 Å². The third-order valence-electron chi connectivity index (χ3n) is 4.75. The van der Waals surface area contributed by atoms with E-state index in [9.17, 15) is 9.59 Å². The van der Waals surface area contributed by atoms with E-state index in [-0.39, 0.29) is 36.9 Å². The molecular formula is C25H22N4O3S. The van der Waals surface area contributed by atoms with Crippen LogP contribution in [-0.4, -0.2) is 33.8 Å². The number of carbonyl (C=O) groups is 1. The fraction of sp³-hybridized carbons (Fsp3) is 0.120. The Hall–Kier alpha value is -4.04. The Labute approximate surface area is 195 Å². The number of para-hydroxylation sites is 1. The molecule has 2 heterocycles. The minimum atomic E-state index is -0.360. The second kappa shape index (κ2) is 10.5. The first-order valence-electron chi connectivity index (χ1n) is 10.4. The fourth-order valence-corrected chi connectivity index (χ4v) is 3.98. The lowest BCUT2D eigenvalue weighted by molar-refractivity contribution is 0.0982. The van der Waals surface area contributed by atoms with Crippen molar-refractivity contribution < 1.29 is 9.53 Å². The zero-order valence-corrected chi connectivity index (χ0v) is 18.6. The highest BCUT2D eigenvalue weighted by atomic mass is 32.1. The van der Waals surface area contributed by atoms with Gasteiger partial charge in [0.1, 0.15) is 18.1 Å². The van der Waals surface area contributed by atoms with Gasteiger partial charge in [-0.1, -0.05) is 54.6 Å². The van der Waals surface area contributed by atoms with Gasteiger partial charge in [-0.05, 0) is 18.2 Å². The number of rotatable bonds is 9. The third kappa shape index (κ3) is 5.42. The Bertz CT molecular complexity index is 1290. The summed E-state index contributed by atoms with van der Waals surface area (Å²) in [7, 11) is 0. The predicted molar refractivity (Wildman–Crippen MR) is 130 cm³/mol. The molecule has 0 radical (unpaired) electrons. The lowest BCUT2D eigenvalue weighted by Crippen LogP contribution is -2.34. The van der Waals surface area contributed by atoms with Gasteiger partial charge >= 0.3 is 0 Å². The predicted octanol–water partition coefficient (Wildman–Crippen LogP) is 4.28. The quantitative estimate of drug-likeness (QED) is 0.350. The molecule has 7 nitrogen and oxygen atoms in total. The molecule has 0 N–H and O–H groups in total. The van der Waals surface area contributed by atoms with Gasteiger partial charge in [0.05, 0.1) is 12.2 Å². The molecule has 0 aliphatic heterocycles. The molecule has 0 bridgehead atoms. The van der Waals surface area contributed by atoms with Gasteiger partial charge in [0.15, 0.2) is 5.13 Å². The van der Waals surface area contributed by atoms with Crippen LogP contribution in [0.4, 0.5) is 5.13 Å². The smallest absolute Gasteiger partial charge is 0.280 e. The molecule has 2 aromatic carbocycles. The van der Waals surface area contributed by atoms with Crippen LogP contribution in [0.3, 0.4) is 0 Å². The molecule has 2 aromatic heterocycles. The van der Waals surface area contributed by atoms with Gasteiger partial charge in [0.2, 0.25) is 0 Å². The summed E-state index contributed by atoms with van der Waals surface area (Å²) in [4.78, 5) is 31.7. The van der Waals surface area contributed by atoms with Gasteiger partial charge < -0.3 is 4.74 Å². The number of hydrogen-bond donors (Lipinski definition) is 0. The molecule has 0 atom stereocenters. The Kier molecular flexibility index (Phi) is 7.06. The van der Waals surface area contributed by atoms with Crippen LogP contribution in [0.2, 0.25) is 0 Å². The molecule has 4 aromatic rings. The lowest BCUT2D eigenvalue weighted by Gasteiger charge is -2.18. The third-order valence-corrected chi connectivity index (χ3v) is 5.61. The van der Waals surface area contributed by atoms with E-state index in [1.165, 1.54) is 33.1 Å². The van der Waals surface area contributed by atoms with Crippen molar-refractivity contribution in [2.75, 3.05) is 18.1 Å². The number of ether oxygens (including phenoxy) is 1. The van der Waals surface area contributed by atoms with E-state index in [4.69, 9.17) is 4.74 Å². The second-order valence-electron chi connectivity index (χ2n) is 7.03. The maximum Gasteiger partial charge on any atom is 0.280 e. The molecule has 4 rings (SSSR count). The van der Waals surface area contributed by atoms with Crippen LogP contribution in [0.15, 0.2) is 95.6 Å². The SMILES string of the molecule is C=CCN(C(=O)c1ccc(=O)n(CCOc2ccccc2)n1)c1nc(-c2ccccc2)cs1. The van der Waals surface area contributed by atoms with E-state index in [0.717, 1.165) is 11.3 Å². The highest BCUT2D eigenvalue weighted by Gasteiger charge is 2.22. The highest BCUT2D eigenvalue weighted by molar-refractivity contribution is 7.14. The Morgan fingerprint density at radius 2 is 1.79 bits per heavy atom. The van der Waals surface area contributed by atoms with Crippen molar-refractivity contribution in [2.24, 2.45) is 0 Å². The number of hydrogen-bond acceptors (Lipinski definition) is 6. The van der Waals surface area contributed by atoms with Crippen LogP contribution in [0.1, 0.15) is 10.5 Å². The monoisotopic (exact) mass is 458 g/mol. The average Bonchev–Trinajstić information content (AvgIpc) is 3.34. The lowest BCUT2D eigenvalue weighted by atomic mass is 10.2. The van der Waals surface area contributed by atoms with Crippen molar-refractivity contribution in [1.29, 1.82) is 0 Å². The van der Waals surface area contributed by atoms with Crippen LogP contribution in [0.25, 0.3) is 11.3 Å². The number of amides is 1. The van der Waals surface area contributed by atoms with E-state index in [2.05, 4.69) is 16.7 Å². The van der Waals surface area contributed by atoms with Crippen molar-refractivity contribution >= 4 is 22.4 Å². The number of carbonyl (C=O) groups excluding carboxylic acids is 1. The summed E-state index contributed by atoms with van der Waals surface area (Å²) in [5.74, 6) is 0.342. The summed E-state index contributed by atoms with van der Waals surface area (Å²) in [5.41, 5.74) is 1.59. The molecule has 8 heteroatoms. The van der Waals surface area contributed by atoms with E-state index in [1.807, 2.05) is 66.0 Å². The zero-order valence-electron chi connectivity index (χ0n) is 17.8. The Balaban J connectivity index is 1.52. The van der Waals surface area contributed by atoms with E-state index in [0.29, 0.717) is 10.9 Å². The molecule has 166 valence electrons. The summed E-state index contributed by atoms with van der Waals surface area (Å²) in [6, 6.07) is 21.8. The maximum atomic E-state index is 13.3. The molecule has 0 saturated carbocycles. The number of aromatic nitrogens is 3. The van der Waals surface area contributed by atoms with Crippen molar-refractivity contribution in [1.82, 2.24) is 14.8 Å². The van der Waals surface area contributed by atoms with Gasteiger partial charge in [-0.3, -0.25) is 14.5 Å². The normalized spacial score (nSPS) is 10.5. The summed E-state index contributed by atoms with van der Waals surface area (Å²) < 4.78 is 6.88. The number of anilines is 1. The van der Waals surface area contributed by atoms with Gasteiger partial charge in [-0.25, -0.2) is 9.67 Å². The number of benzene rings is 2. The van der Waals surface area contributed by atoms with Crippen LogP contribution in [0, 0.1) is 0 Å². The molecule has 1 amide bonds. The van der Waals surface area contributed by atoms with Crippen molar-refractivity contribution in [2.45, 2.75) is 6.54 Å². The molecule has 0 aliphatic rings. The topological polar surface area (TPSA) is 77.3 Å². The molecule has 0 saturated heterocycles. The Morgan fingerprint density at radius 1 is 1.06 bits per heavy atom. The second-order valence-corrected chi connectivity index (χ2v) is 7.86. The van der Waals surface area contributed by atoms with Crippen molar-refractivity contribution in [3.8, 4) is 17.0 Å². The van der Waals surface area contributed by atoms with Gasteiger partial charge in [0, 0.05) is 23.6 Å². The summed E-state index contributed by atoms with van der Waals surface area (Å²) in [6.07, 6.45) is 1.63. The van der Waals surface area contributed by atoms with Crippen LogP contribution >= 0.6 is 11.3 Å². The minimum Gasteiger partial charge on any atom is -0.492 e. The van der Waals surface area contributed by atoms with E-state index < -0.39 is 0 Å². The van der Waals surface area contributed by atoms with Crippen LogP contribution in [0.5, 0.6) is 5.75 Å². The van der Waals surface area contributed by atoms with Crippen molar-refractivity contribution in [3.05, 3.63) is 107 Å². The molecular weight excluding hydrogens is 436 g/mol. The summed E-state index contributed by atoms with van der Waals surface area (Å²) >= 11 is 1.36. The van der Waals surface area contributed by atoms with E-state index in [1.54, 1.807) is 6.08 Å². The molecule has 0 fully saturated rings. The fourth-order valence-electron chi connectivity index (χ4n) is 3.13. The number of nitrogens with zero attached hydrogens (tertiary/aromatic N) is 4. The molecule has 0 spiro atoms. The number of thiazole rings is 1. The van der Waals surface area contributed by atoms with Gasteiger partial charge in [-0.15, -0.1) is 17.9 Å². The first-order valence-corrected chi connectivity index (χ1v) is 11.2. The van der Waals surface area contributed by atoms with E-state index >= 15 is 0 Å². The minimum absolute atomic E-state index is 0.146. The molecule has 33 heavy (non-hydrogen) atoms. The largest absolute Gasteiger partial charge is 0.492 e. The standard InChI is InChI=1S/C25H22N4O3S/c1-2-15-28(25-26-22(18-33-25)19-9-5-3-6-10-19)24(31)21-13-14-23(30)29(27-21)16-17-32-20-11-7-4-8-12-20/h2-14,18H,1,15-17H2. The summed E-state index contributed by atoms with van der Waals surface area (Å²) in [6.45, 7) is 4.48. The first kappa shape index (κ1) is 22.2. The van der Waals surface area contributed by atoms with Crippen molar-refractivity contribution in [3.63, 3.8) is 0 Å². The first-order chi connectivity index (χ1) is 16.2. The van der Waals surface area contributed by atoms with Gasteiger partial charge in [-0.2, -0.15) is 5.10 Å².